The minimum Gasteiger partial charge on any atom is -0.382 e. The molecule has 0 radical (unpaired) electrons. The maximum atomic E-state index is 13.2. The van der Waals surface area contributed by atoms with Crippen molar-refractivity contribution < 1.29 is 50.0 Å². The third-order valence-corrected chi connectivity index (χ3v) is 6.60. The van der Waals surface area contributed by atoms with E-state index in [1.165, 1.54) is 43.9 Å². The van der Waals surface area contributed by atoms with Gasteiger partial charge in [0.05, 0.1) is 49.4 Å². The summed E-state index contributed by atoms with van der Waals surface area (Å²) in [6.07, 6.45) is -10.2. The Kier molecular flexibility index (Phi) is 8.63. The molecular weight excluding hydrogens is 582 g/mol. The number of amides is 3. The highest BCUT2D eigenvalue weighted by molar-refractivity contribution is 5.93. The van der Waals surface area contributed by atoms with Crippen LogP contribution >= 0.6 is 0 Å². The second-order valence-electron chi connectivity index (χ2n) is 9.60. The molecule has 3 amide bonds. The quantitative estimate of drug-likeness (QED) is 0.332. The van der Waals surface area contributed by atoms with Crippen LogP contribution in [-0.4, -0.2) is 92.6 Å². The number of fused-ring (bicyclic) bond motifs is 1. The SMILES string of the molecule is COC[C@H](c1cnn2cc(C(NC(=O)c3nonc3C)[C@@H](C)O[C@H](C)C(F)(F)F)nc2c1)N1C[C@@H](C(F)(F)F)NC1=O. The fourth-order valence-electron chi connectivity index (χ4n) is 4.33. The molecule has 0 bridgehead atoms. The van der Waals surface area contributed by atoms with Crippen molar-refractivity contribution in [3.8, 4) is 0 Å². The Morgan fingerprint density at radius 2 is 1.95 bits per heavy atom. The highest BCUT2D eigenvalue weighted by atomic mass is 19.4. The zero-order valence-corrected chi connectivity index (χ0v) is 22.5. The summed E-state index contributed by atoms with van der Waals surface area (Å²) in [5.41, 5.74) is 0.365. The molecule has 1 saturated heterocycles. The summed E-state index contributed by atoms with van der Waals surface area (Å²) in [6, 6.07) is -3.83. The van der Waals surface area contributed by atoms with E-state index in [0.717, 1.165) is 11.8 Å². The number of hydrogen-bond donors (Lipinski definition) is 2. The third kappa shape index (κ3) is 6.56. The molecule has 4 heterocycles. The van der Waals surface area contributed by atoms with Crippen LogP contribution < -0.4 is 10.6 Å². The van der Waals surface area contributed by atoms with E-state index < -0.39 is 61.2 Å². The van der Waals surface area contributed by atoms with E-state index in [1.807, 2.05) is 5.32 Å². The average Bonchev–Trinajstić information content (AvgIpc) is 3.62. The van der Waals surface area contributed by atoms with E-state index >= 15 is 0 Å². The molecule has 5 atom stereocenters. The summed E-state index contributed by atoms with van der Waals surface area (Å²) in [6.45, 7) is 2.72. The van der Waals surface area contributed by atoms with Gasteiger partial charge in [-0.25, -0.2) is 18.9 Å². The Morgan fingerprint density at radius 1 is 1.24 bits per heavy atom. The first-order valence-electron chi connectivity index (χ1n) is 12.4. The monoisotopic (exact) mass is 608 g/mol. The van der Waals surface area contributed by atoms with Gasteiger partial charge >= 0.3 is 18.4 Å². The molecule has 0 spiro atoms. The molecule has 230 valence electrons. The number of nitrogens with one attached hydrogen (secondary N) is 2. The van der Waals surface area contributed by atoms with Gasteiger partial charge in [0.15, 0.2) is 17.4 Å². The Labute approximate surface area is 233 Å². The number of aromatic nitrogens is 5. The van der Waals surface area contributed by atoms with Gasteiger partial charge in [0.1, 0.15) is 11.7 Å². The van der Waals surface area contributed by atoms with Crippen molar-refractivity contribution in [2.45, 2.75) is 63.5 Å². The molecule has 2 N–H and O–H groups in total. The van der Waals surface area contributed by atoms with Gasteiger partial charge in [0, 0.05) is 12.7 Å². The molecule has 3 aromatic rings. The molecule has 1 unspecified atom stereocenters. The van der Waals surface area contributed by atoms with Crippen LogP contribution in [0.2, 0.25) is 0 Å². The van der Waals surface area contributed by atoms with Crippen LogP contribution in [0.3, 0.4) is 0 Å². The van der Waals surface area contributed by atoms with Gasteiger partial charge < -0.3 is 25.0 Å². The van der Waals surface area contributed by atoms with Gasteiger partial charge in [-0.2, -0.15) is 31.4 Å². The van der Waals surface area contributed by atoms with Crippen molar-refractivity contribution in [1.29, 1.82) is 0 Å². The third-order valence-electron chi connectivity index (χ3n) is 6.60. The standard InChI is InChI=1S/C23H26F6N8O5/c1-10-18(35-42-34-10)20(38)33-19(11(2)41-12(3)22(24,25)26)14-7-37-17(31-14)5-13(6-30-37)15(9-40-4)36-8-16(23(27,28)29)32-21(36)39/h5-7,11-12,15-16,19H,8-9H2,1-4H3,(H,32,39)(H,33,38)/t11-,12-,15-,16+,19?/m1/s1. The van der Waals surface area contributed by atoms with Crippen molar-refractivity contribution in [3.63, 3.8) is 0 Å². The number of nitrogens with zero attached hydrogens (tertiary/aromatic N) is 6. The summed E-state index contributed by atoms with van der Waals surface area (Å²) in [5.74, 6) is -0.820. The number of ether oxygens (including phenoxy) is 2. The molecule has 13 nitrogen and oxygen atoms in total. The number of carbonyl (C=O) groups excluding carboxylic acids is 2. The minimum atomic E-state index is -4.69. The number of rotatable bonds is 10. The zero-order valence-electron chi connectivity index (χ0n) is 22.5. The van der Waals surface area contributed by atoms with E-state index in [4.69, 9.17) is 9.47 Å². The van der Waals surface area contributed by atoms with Gasteiger partial charge in [-0.1, -0.05) is 5.16 Å². The minimum absolute atomic E-state index is 0.0447. The van der Waals surface area contributed by atoms with Gasteiger partial charge in [-0.05, 0) is 32.0 Å². The molecule has 19 heteroatoms. The lowest BCUT2D eigenvalue weighted by molar-refractivity contribution is -0.227. The lowest BCUT2D eigenvalue weighted by Gasteiger charge is -2.27. The molecule has 42 heavy (non-hydrogen) atoms. The largest absolute Gasteiger partial charge is 0.414 e. The number of aryl methyl sites for hydroxylation is 1. The first-order valence-corrected chi connectivity index (χ1v) is 12.4. The molecule has 0 aromatic carbocycles. The summed E-state index contributed by atoms with van der Waals surface area (Å²) < 4.78 is 95.5. The lowest BCUT2D eigenvalue weighted by atomic mass is 10.1. The van der Waals surface area contributed by atoms with E-state index in [9.17, 15) is 35.9 Å². The van der Waals surface area contributed by atoms with Crippen LogP contribution in [0.1, 0.15) is 53.4 Å². The van der Waals surface area contributed by atoms with E-state index in [0.29, 0.717) is 0 Å². The normalized spacial score (nSPS) is 19.0. The molecule has 0 aliphatic carbocycles. The highest BCUT2D eigenvalue weighted by Crippen LogP contribution is 2.31. The van der Waals surface area contributed by atoms with Crippen LogP contribution in [0, 0.1) is 6.92 Å². The predicted octanol–water partition coefficient (Wildman–Crippen LogP) is 2.89. The highest BCUT2D eigenvalue weighted by Gasteiger charge is 2.48. The van der Waals surface area contributed by atoms with Crippen LogP contribution in [0.4, 0.5) is 31.1 Å². The number of methoxy groups -OCH3 is 1. The van der Waals surface area contributed by atoms with Crippen LogP contribution in [0.5, 0.6) is 0 Å². The Balaban J connectivity index is 1.67. The van der Waals surface area contributed by atoms with Crippen LogP contribution in [-0.2, 0) is 9.47 Å². The molecule has 1 aliphatic rings. The van der Waals surface area contributed by atoms with Gasteiger partial charge in [-0.15, -0.1) is 0 Å². The van der Waals surface area contributed by atoms with Crippen molar-refractivity contribution in [2.24, 2.45) is 0 Å². The Bertz CT molecular complexity index is 1430. The fourth-order valence-corrected chi connectivity index (χ4v) is 4.33. The molecular formula is C23H26F6N8O5. The van der Waals surface area contributed by atoms with Gasteiger partial charge in [0.25, 0.3) is 5.91 Å². The number of imidazole rings is 1. The summed E-state index contributed by atoms with van der Waals surface area (Å²) in [4.78, 5) is 30.6. The Hall–Kier alpha value is -4.00. The first kappa shape index (κ1) is 30.9. The van der Waals surface area contributed by atoms with Gasteiger partial charge in [0.2, 0.25) is 0 Å². The van der Waals surface area contributed by atoms with Crippen molar-refractivity contribution >= 4 is 17.6 Å². The second kappa shape index (κ2) is 11.7. The zero-order chi connectivity index (χ0) is 31.0. The molecule has 0 saturated carbocycles. The summed E-state index contributed by atoms with van der Waals surface area (Å²) in [5, 5.41) is 15.6. The Morgan fingerprint density at radius 3 is 2.52 bits per heavy atom. The maximum Gasteiger partial charge on any atom is 0.414 e. The van der Waals surface area contributed by atoms with Gasteiger partial charge in [-0.3, -0.25) is 4.79 Å². The average molecular weight is 609 g/mol. The summed E-state index contributed by atoms with van der Waals surface area (Å²) >= 11 is 0. The number of alkyl halides is 6. The summed E-state index contributed by atoms with van der Waals surface area (Å²) in [7, 11) is 1.31. The lowest BCUT2D eigenvalue weighted by Crippen LogP contribution is -2.41. The first-order chi connectivity index (χ1) is 19.6. The smallest absolute Gasteiger partial charge is 0.382 e. The number of urea groups is 1. The van der Waals surface area contributed by atoms with Crippen molar-refractivity contribution in [3.05, 3.63) is 41.1 Å². The van der Waals surface area contributed by atoms with Crippen LogP contribution in [0.25, 0.3) is 5.65 Å². The van der Waals surface area contributed by atoms with Crippen LogP contribution in [0.15, 0.2) is 23.1 Å². The van der Waals surface area contributed by atoms with Crippen molar-refractivity contribution in [2.75, 3.05) is 20.3 Å². The topological polar surface area (TPSA) is 149 Å². The molecule has 4 rings (SSSR count). The molecule has 1 aliphatic heterocycles. The number of carbonyl (C=O) groups is 2. The van der Waals surface area contributed by atoms with E-state index in [1.54, 1.807) is 0 Å². The van der Waals surface area contributed by atoms with E-state index in [-0.39, 0.29) is 34.9 Å². The fraction of sp³-hybridized carbons (Fsp3) is 0.565. The molecule has 3 aromatic heterocycles. The van der Waals surface area contributed by atoms with E-state index in [2.05, 4.69) is 30.3 Å². The second-order valence-corrected chi connectivity index (χ2v) is 9.60. The maximum absolute atomic E-state index is 13.2. The van der Waals surface area contributed by atoms with Crippen molar-refractivity contribution in [1.82, 2.24) is 40.4 Å². The number of halogens is 6. The predicted molar refractivity (Wildman–Crippen MR) is 128 cm³/mol. The molecule has 1 fully saturated rings. The number of hydrogen-bond acceptors (Lipinski definition) is 9.